The van der Waals surface area contributed by atoms with E-state index in [-0.39, 0.29) is 25.7 Å². The maximum Gasteiger partial charge on any atom is 0.472 e. The molecular weight excluding hydrogens is 1220 g/mol. The molecule has 0 spiro atoms. The van der Waals surface area contributed by atoms with Crippen LogP contribution in [0.3, 0.4) is 0 Å². The number of hydrogen-bond acceptors (Lipinski definition) is 15. The molecule has 0 saturated heterocycles. The first-order chi connectivity index (χ1) is 44.8. The number of aliphatic hydroxyl groups excluding tert-OH is 1. The molecule has 7 atom stereocenters. The summed E-state index contributed by atoms with van der Waals surface area (Å²) in [4.78, 5) is 72.6. The van der Waals surface area contributed by atoms with Crippen molar-refractivity contribution in [1.29, 1.82) is 0 Å². The summed E-state index contributed by atoms with van der Waals surface area (Å²) in [6, 6.07) is 0. The maximum atomic E-state index is 13.0. The van der Waals surface area contributed by atoms with Crippen LogP contribution in [0.1, 0.15) is 350 Å². The van der Waals surface area contributed by atoms with Crippen molar-refractivity contribution in [2.24, 2.45) is 17.8 Å². The summed E-state index contributed by atoms with van der Waals surface area (Å²) in [5.74, 6) is 0.115. The maximum absolute atomic E-state index is 13.0. The molecule has 0 aromatic carbocycles. The van der Waals surface area contributed by atoms with Crippen LogP contribution in [-0.4, -0.2) is 96.7 Å². The molecule has 0 aromatic rings. The zero-order valence-electron chi connectivity index (χ0n) is 60.2. The molecule has 0 saturated carbocycles. The Balaban J connectivity index is 5.23. The van der Waals surface area contributed by atoms with E-state index in [0.717, 1.165) is 121 Å². The number of carbonyl (C=O) groups is 4. The van der Waals surface area contributed by atoms with Crippen molar-refractivity contribution in [1.82, 2.24) is 0 Å². The van der Waals surface area contributed by atoms with E-state index >= 15 is 0 Å². The predicted octanol–water partition coefficient (Wildman–Crippen LogP) is 21.0. The second kappa shape index (κ2) is 64.2. The van der Waals surface area contributed by atoms with Crippen molar-refractivity contribution in [2.45, 2.75) is 369 Å². The topological polar surface area (TPSA) is 237 Å². The molecule has 0 aliphatic heterocycles. The SMILES string of the molecule is CCCCCC/C=C\C=C/CCCCCCCC(=O)O[C@H](COC(=O)CCCCCCCCC(C)CC)COP(=O)(O)OC[C@H](O)COP(=O)(O)OC[C@@H](COC(=O)CCCCCCCCCCCCCCCCC(C)CC)OC(=O)CCCCCCCCCC(C)C. The van der Waals surface area contributed by atoms with E-state index in [4.69, 9.17) is 37.0 Å². The molecule has 0 bridgehead atoms. The lowest BCUT2D eigenvalue weighted by atomic mass is 9.99. The molecule has 0 radical (unpaired) electrons. The van der Waals surface area contributed by atoms with Crippen LogP contribution in [-0.2, 0) is 65.4 Å². The van der Waals surface area contributed by atoms with Crippen LogP contribution in [0.4, 0.5) is 0 Å². The van der Waals surface area contributed by atoms with Gasteiger partial charge in [0.2, 0.25) is 0 Å². The van der Waals surface area contributed by atoms with Crippen molar-refractivity contribution in [2.75, 3.05) is 39.6 Å². The minimum Gasteiger partial charge on any atom is -0.462 e. The highest BCUT2D eigenvalue weighted by molar-refractivity contribution is 7.47. The summed E-state index contributed by atoms with van der Waals surface area (Å²) in [7, 11) is -9.92. The highest BCUT2D eigenvalue weighted by Gasteiger charge is 2.30. The summed E-state index contributed by atoms with van der Waals surface area (Å²) in [6.07, 6.45) is 52.3. The Bertz CT molecular complexity index is 1920. The Hall–Kier alpha value is -2.46. The van der Waals surface area contributed by atoms with Gasteiger partial charge in [-0.15, -0.1) is 0 Å². The van der Waals surface area contributed by atoms with Gasteiger partial charge in [-0.25, -0.2) is 9.13 Å². The van der Waals surface area contributed by atoms with Crippen molar-refractivity contribution in [3.63, 3.8) is 0 Å². The number of rotatable bonds is 70. The zero-order valence-corrected chi connectivity index (χ0v) is 62.0. The number of unbranched alkanes of at least 4 members (excludes halogenated alkanes) is 33. The van der Waals surface area contributed by atoms with Gasteiger partial charge >= 0.3 is 39.5 Å². The van der Waals surface area contributed by atoms with Crippen LogP contribution in [0, 0.1) is 17.8 Å². The van der Waals surface area contributed by atoms with Gasteiger partial charge in [-0.3, -0.25) is 37.3 Å². The van der Waals surface area contributed by atoms with Crippen LogP contribution in [0.2, 0.25) is 0 Å². The molecule has 0 aromatic heterocycles. The van der Waals surface area contributed by atoms with E-state index in [1.807, 2.05) is 0 Å². The Morgan fingerprint density at radius 2 is 0.634 bits per heavy atom. The highest BCUT2D eigenvalue weighted by atomic mass is 31.2. The number of ether oxygens (including phenoxy) is 4. The molecule has 0 rings (SSSR count). The van der Waals surface area contributed by atoms with Crippen LogP contribution in [0.15, 0.2) is 24.3 Å². The largest absolute Gasteiger partial charge is 0.472 e. The summed E-state index contributed by atoms with van der Waals surface area (Å²) in [5.41, 5.74) is 0. The number of phosphoric ester groups is 2. The lowest BCUT2D eigenvalue weighted by molar-refractivity contribution is -0.161. The summed E-state index contributed by atoms with van der Waals surface area (Å²) < 4.78 is 68.3. The van der Waals surface area contributed by atoms with Gasteiger partial charge in [0.25, 0.3) is 0 Å². The molecule has 17 nitrogen and oxygen atoms in total. The van der Waals surface area contributed by atoms with Gasteiger partial charge in [-0.2, -0.15) is 0 Å². The third kappa shape index (κ3) is 65.3. The fraction of sp³-hybridized carbons (Fsp3) is 0.892. The van der Waals surface area contributed by atoms with E-state index in [1.54, 1.807) is 0 Å². The van der Waals surface area contributed by atoms with Crippen molar-refractivity contribution >= 4 is 39.5 Å². The van der Waals surface area contributed by atoms with Crippen molar-refractivity contribution in [3.8, 4) is 0 Å². The van der Waals surface area contributed by atoms with Crippen LogP contribution in [0.25, 0.3) is 0 Å². The normalized spacial score (nSPS) is 14.9. The summed E-state index contributed by atoms with van der Waals surface area (Å²) in [5, 5.41) is 10.6. The van der Waals surface area contributed by atoms with Gasteiger partial charge in [-0.05, 0) is 69.1 Å². The zero-order chi connectivity index (χ0) is 68.7. The van der Waals surface area contributed by atoms with E-state index in [1.165, 1.54) is 141 Å². The first-order valence-electron chi connectivity index (χ1n) is 37.7. The molecule has 548 valence electrons. The average Bonchev–Trinajstić information content (AvgIpc) is 2.02. The van der Waals surface area contributed by atoms with Gasteiger partial charge in [-0.1, -0.05) is 297 Å². The van der Waals surface area contributed by atoms with E-state index in [9.17, 15) is 43.2 Å². The minimum atomic E-state index is -4.96. The van der Waals surface area contributed by atoms with Crippen molar-refractivity contribution in [3.05, 3.63) is 24.3 Å². The highest BCUT2D eigenvalue weighted by Crippen LogP contribution is 2.45. The molecule has 0 fully saturated rings. The Morgan fingerprint density at radius 1 is 0.355 bits per heavy atom. The first-order valence-corrected chi connectivity index (χ1v) is 40.7. The number of esters is 4. The molecular formula is C74H140O17P2. The third-order valence-corrected chi connectivity index (χ3v) is 19.1. The van der Waals surface area contributed by atoms with Gasteiger partial charge in [0.05, 0.1) is 26.4 Å². The predicted molar refractivity (Wildman–Crippen MR) is 377 cm³/mol. The van der Waals surface area contributed by atoms with Crippen LogP contribution in [0.5, 0.6) is 0 Å². The number of hydrogen-bond donors (Lipinski definition) is 3. The van der Waals surface area contributed by atoms with E-state index in [2.05, 4.69) is 72.8 Å². The second-order valence-electron chi connectivity index (χ2n) is 27.0. The quantitative estimate of drug-likeness (QED) is 0.0169. The van der Waals surface area contributed by atoms with Crippen molar-refractivity contribution < 1.29 is 80.2 Å². The van der Waals surface area contributed by atoms with Gasteiger partial charge < -0.3 is 33.8 Å². The molecule has 3 N–H and O–H groups in total. The van der Waals surface area contributed by atoms with E-state index in [0.29, 0.717) is 31.6 Å². The van der Waals surface area contributed by atoms with Gasteiger partial charge in [0.1, 0.15) is 19.3 Å². The molecule has 0 heterocycles. The Labute approximate surface area is 567 Å². The number of allylic oxidation sites excluding steroid dienone is 4. The van der Waals surface area contributed by atoms with Gasteiger partial charge in [0, 0.05) is 25.7 Å². The number of aliphatic hydroxyl groups is 1. The average molecular weight is 1360 g/mol. The van der Waals surface area contributed by atoms with Crippen LogP contribution < -0.4 is 0 Å². The minimum absolute atomic E-state index is 0.0837. The Kier molecular flexibility index (Phi) is 62.5. The Morgan fingerprint density at radius 3 is 0.957 bits per heavy atom. The fourth-order valence-corrected chi connectivity index (χ4v) is 12.2. The molecule has 0 aliphatic carbocycles. The second-order valence-corrected chi connectivity index (χ2v) is 29.9. The smallest absolute Gasteiger partial charge is 0.462 e. The monoisotopic (exact) mass is 1360 g/mol. The number of phosphoric acid groups is 2. The molecule has 0 amide bonds. The molecule has 4 unspecified atom stereocenters. The standard InChI is InChI=1S/C74H140O17P2/c1-8-11-12-13-14-15-16-17-18-23-26-29-34-43-50-57-73(78)90-70(62-85-72(77)56-49-42-37-36-40-47-54-67(7)10-3)64-89-93(82,83)87-60-68(75)59-86-92(80,81)88-63-69(91-74(79)58-51-44-35-30-31-38-45-52-65(4)5)61-84-71(76)55-48-41-33-28-25-22-20-19-21-24-27-32-39-46-53-66(6)9-2/h15-18,65-70,75H,8-14,19-64H2,1-7H3,(H,80,81)(H,82,83)/b16-15-,18-17-/t66?,67?,68-,69-,70-/m1/s1. The first kappa shape index (κ1) is 90.5. The summed E-state index contributed by atoms with van der Waals surface area (Å²) in [6.45, 7) is 11.8. The lowest BCUT2D eigenvalue weighted by Crippen LogP contribution is -2.30. The fourth-order valence-electron chi connectivity index (χ4n) is 10.6. The molecule has 0 aliphatic rings. The van der Waals surface area contributed by atoms with E-state index < -0.39 is 97.5 Å². The third-order valence-electron chi connectivity index (χ3n) is 17.2. The molecule has 93 heavy (non-hydrogen) atoms. The number of carbonyl (C=O) groups excluding carboxylic acids is 4. The summed E-state index contributed by atoms with van der Waals surface area (Å²) >= 11 is 0. The molecule has 19 heteroatoms. The van der Waals surface area contributed by atoms with Gasteiger partial charge in [0.15, 0.2) is 12.2 Å². The lowest BCUT2D eigenvalue weighted by Gasteiger charge is -2.21. The van der Waals surface area contributed by atoms with Crippen LogP contribution >= 0.6 is 15.6 Å².